The van der Waals surface area contributed by atoms with Crippen LogP contribution in [-0.2, 0) is 4.74 Å². The lowest BCUT2D eigenvalue weighted by molar-refractivity contribution is 0.0683. The Bertz CT molecular complexity index is 121. The van der Waals surface area contributed by atoms with Crippen molar-refractivity contribution in [3.63, 3.8) is 0 Å². The molecule has 1 saturated heterocycles. The van der Waals surface area contributed by atoms with Crippen molar-refractivity contribution in [1.82, 2.24) is 4.90 Å². The highest BCUT2D eigenvalue weighted by Gasteiger charge is 2.11. The third kappa shape index (κ3) is 2.05. The van der Waals surface area contributed by atoms with Crippen molar-refractivity contribution in [2.45, 2.75) is 13.3 Å². The van der Waals surface area contributed by atoms with Crippen LogP contribution < -0.4 is 0 Å². The van der Waals surface area contributed by atoms with Crippen molar-refractivity contribution in [1.29, 1.82) is 0 Å². The Morgan fingerprint density at radius 2 is 2.10 bits per heavy atom. The molecule has 1 heterocycles. The summed E-state index contributed by atoms with van der Waals surface area (Å²) in [6.45, 7) is 5.96. The van der Waals surface area contributed by atoms with Gasteiger partial charge in [0, 0.05) is 18.5 Å². The highest BCUT2D eigenvalue weighted by atomic mass is 31.0. The minimum absolute atomic E-state index is 0.869. The molecule has 0 atom stereocenters. The minimum atomic E-state index is 0.869. The molecule has 0 aromatic rings. The van der Waals surface area contributed by atoms with E-state index in [2.05, 4.69) is 20.7 Å². The second-order valence-electron chi connectivity index (χ2n) is 2.40. The van der Waals surface area contributed by atoms with Gasteiger partial charge in [0.25, 0.3) is 0 Å². The van der Waals surface area contributed by atoms with Gasteiger partial charge in [0.15, 0.2) is 0 Å². The predicted octanol–water partition coefficient (Wildman–Crippen LogP) is 1.00. The standard InChI is InChI=1S/C7H14NOP/c1-2-7(10)8-3-5-9-6-4-8/h10H,2-6H2,1H3. The van der Waals surface area contributed by atoms with E-state index in [1.54, 1.807) is 0 Å². The molecule has 0 amide bonds. The number of morpholine rings is 1. The van der Waals surface area contributed by atoms with E-state index >= 15 is 0 Å². The second kappa shape index (κ2) is 4.07. The number of rotatable bonds is 2. The van der Waals surface area contributed by atoms with E-state index in [9.17, 15) is 0 Å². The van der Waals surface area contributed by atoms with Crippen LogP contribution in [0.15, 0.2) is 0 Å². The van der Waals surface area contributed by atoms with Gasteiger partial charge in [0.05, 0.1) is 13.2 Å². The van der Waals surface area contributed by atoms with E-state index in [0.29, 0.717) is 0 Å². The maximum absolute atomic E-state index is 5.22. The summed E-state index contributed by atoms with van der Waals surface area (Å²) < 4.78 is 5.22. The Balaban J connectivity index is 2.31. The Morgan fingerprint density at radius 3 is 2.60 bits per heavy atom. The zero-order chi connectivity index (χ0) is 7.40. The molecule has 0 aliphatic carbocycles. The molecule has 2 nitrogen and oxygen atoms in total. The Labute approximate surface area is 64.4 Å². The first-order chi connectivity index (χ1) is 4.84. The van der Waals surface area contributed by atoms with Crippen molar-refractivity contribution in [3.05, 3.63) is 0 Å². The second-order valence-corrected chi connectivity index (χ2v) is 2.98. The Morgan fingerprint density at radius 1 is 1.50 bits per heavy atom. The monoisotopic (exact) mass is 159 g/mol. The van der Waals surface area contributed by atoms with Gasteiger partial charge in [-0.1, -0.05) is 6.92 Å². The average Bonchev–Trinajstić information content (AvgIpc) is 2.05. The molecule has 0 spiro atoms. The maximum atomic E-state index is 5.22. The molecule has 1 rings (SSSR count). The third-order valence-corrected chi connectivity index (χ3v) is 2.40. The van der Waals surface area contributed by atoms with Gasteiger partial charge in [-0.25, -0.2) is 0 Å². The van der Waals surface area contributed by atoms with Crippen molar-refractivity contribution < 1.29 is 4.74 Å². The lowest BCUT2D eigenvalue weighted by Crippen LogP contribution is -2.39. The number of ether oxygens (including phenoxy) is 1. The fraction of sp³-hybridized carbons (Fsp3) is 0.857. The topological polar surface area (TPSA) is 12.5 Å². The van der Waals surface area contributed by atoms with Gasteiger partial charge >= 0.3 is 0 Å². The Hall–Kier alpha value is 0.0900. The van der Waals surface area contributed by atoms with E-state index in [4.69, 9.17) is 4.74 Å². The Kier molecular flexibility index (Phi) is 3.33. The van der Waals surface area contributed by atoms with Crippen molar-refractivity contribution in [2.24, 2.45) is 0 Å². The van der Waals surface area contributed by atoms with Gasteiger partial charge in [-0.05, 0) is 6.42 Å². The van der Waals surface area contributed by atoms with Gasteiger partial charge in [-0.2, -0.15) is 0 Å². The van der Waals surface area contributed by atoms with Crippen LogP contribution in [0.25, 0.3) is 0 Å². The van der Waals surface area contributed by atoms with E-state index in [-0.39, 0.29) is 0 Å². The summed E-state index contributed by atoms with van der Waals surface area (Å²) in [7, 11) is 3.57. The highest BCUT2D eigenvalue weighted by Crippen LogP contribution is 2.01. The lowest BCUT2D eigenvalue weighted by atomic mass is 10.3. The van der Waals surface area contributed by atoms with Gasteiger partial charge in [-0.15, -0.1) is 8.86 Å². The van der Waals surface area contributed by atoms with Crippen LogP contribution in [0.3, 0.4) is 0 Å². The quantitative estimate of drug-likeness (QED) is 0.557. The van der Waals surface area contributed by atoms with Crippen LogP contribution in [0.4, 0.5) is 0 Å². The van der Waals surface area contributed by atoms with Gasteiger partial charge in [-0.3, -0.25) is 4.90 Å². The molecule has 1 aliphatic heterocycles. The fourth-order valence-corrected chi connectivity index (χ4v) is 1.28. The van der Waals surface area contributed by atoms with Crippen molar-refractivity contribution in [2.75, 3.05) is 26.3 Å². The van der Waals surface area contributed by atoms with Crippen molar-refractivity contribution in [3.8, 4) is 0 Å². The number of hydrogen-bond donors (Lipinski definition) is 0. The third-order valence-electron chi connectivity index (χ3n) is 1.73. The molecular formula is C7H14NOP. The van der Waals surface area contributed by atoms with Gasteiger partial charge in [0.2, 0.25) is 0 Å². The first-order valence-corrected chi connectivity index (χ1v) is 4.24. The van der Waals surface area contributed by atoms with Crippen LogP contribution >= 0.6 is 8.86 Å². The molecule has 0 unspecified atom stereocenters. The molecule has 0 aromatic carbocycles. The van der Waals surface area contributed by atoms with E-state index < -0.39 is 0 Å². The average molecular weight is 159 g/mol. The summed E-state index contributed by atoms with van der Waals surface area (Å²) in [5, 5.41) is 0. The summed E-state index contributed by atoms with van der Waals surface area (Å²) in [6.07, 6.45) is 1.08. The molecule has 0 aromatic heterocycles. The van der Waals surface area contributed by atoms with Gasteiger partial charge in [0.1, 0.15) is 0 Å². The first-order valence-electron chi connectivity index (χ1n) is 3.74. The zero-order valence-electron chi connectivity index (χ0n) is 6.39. The molecule has 10 heavy (non-hydrogen) atoms. The smallest absolute Gasteiger partial charge is 0.0598 e. The van der Waals surface area contributed by atoms with E-state index in [1.165, 1.54) is 5.42 Å². The molecule has 0 bridgehead atoms. The summed E-state index contributed by atoms with van der Waals surface area (Å²) >= 11 is 0. The molecule has 58 valence electrons. The minimum Gasteiger partial charge on any atom is -0.379 e. The maximum Gasteiger partial charge on any atom is 0.0598 e. The predicted molar refractivity (Wildman–Crippen MR) is 46.0 cm³/mol. The molecular weight excluding hydrogens is 145 g/mol. The SMILES string of the molecule is CCC(=P)N1CCOCC1. The van der Waals surface area contributed by atoms with Crippen LogP contribution in [0.1, 0.15) is 13.3 Å². The summed E-state index contributed by atoms with van der Waals surface area (Å²) in [5.74, 6) is 0. The lowest BCUT2D eigenvalue weighted by Gasteiger charge is -2.27. The molecule has 1 fully saturated rings. The zero-order valence-corrected chi connectivity index (χ0v) is 7.39. The molecule has 1 aliphatic rings. The van der Waals surface area contributed by atoms with Crippen LogP contribution in [0, 0.1) is 0 Å². The van der Waals surface area contributed by atoms with E-state index in [1.807, 2.05) is 0 Å². The fourth-order valence-electron chi connectivity index (χ4n) is 1.06. The highest BCUT2D eigenvalue weighted by molar-refractivity contribution is 7.20. The van der Waals surface area contributed by atoms with Crippen LogP contribution in [-0.4, -0.2) is 36.6 Å². The number of nitrogens with zero attached hydrogens (tertiary/aromatic N) is 1. The summed E-state index contributed by atoms with van der Waals surface area (Å²) in [4.78, 5) is 2.32. The largest absolute Gasteiger partial charge is 0.379 e. The number of hydrogen-bond acceptors (Lipinski definition) is 1. The van der Waals surface area contributed by atoms with Crippen LogP contribution in [0.5, 0.6) is 0 Å². The van der Waals surface area contributed by atoms with Crippen LogP contribution in [0.2, 0.25) is 0 Å². The molecule has 0 saturated carbocycles. The van der Waals surface area contributed by atoms with Gasteiger partial charge < -0.3 is 4.74 Å². The summed E-state index contributed by atoms with van der Waals surface area (Å²) in [5.41, 5.74) is 1.29. The molecule has 0 radical (unpaired) electrons. The molecule has 0 N–H and O–H groups in total. The van der Waals surface area contributed by atoms with Crippen molar-refractivity contribution >= 4 is 14.3 Å². The molecule has 3 heteroatoms. The first kappa shape index (κ1) is 8.19. The summed E-state index contributed by atoms with van der Waals surface area (Å²) in [6, 6.07) is 0. The van der Waals surface area contributed by atoms with E-state index in [0.717, 1.165) is 32.7 Å². The normalized spacial score (nSPS) is 20.9.